The number of hydrogen-bond acceptors (Lipinski definition) is 52. The van der Waals surface area contributed by atoms with E-state index in [9.17, 15) is 0 Å². The molecule has 0 saturated heterocycles. The van der Waals surface area contributed by atoms with E-state index in [1.165, 1.54) is 136 Å². The summed E-state index contributed by atoms with van der Waals surface area (Å²) < 4.78 is 0. The normalized spacial score (nSPS) is 12.4. The van der Waals surface area contributed by atoms with Crippen molar-refractivity contribution >= 4 is 307 Å². The second kappa shape index (κ2) is 34.6. The van der Waals surface area contributed by atoms with Crippen LogP contribution < -0.4 is 4.90 Å². The van der Waals surface area contributed by atoms with Crippen LogP contribution in [0.5, 0.6) is 0 Å². The lowest BCUT2D eigenvalue weighted by Crippen LogP contribution is -2.16. The Labute approximate surface area is 834 Å². The van der Waals surface area contributed by atoms with Crippen LogP contribution >= 0.6 is 295 Å². The first kappa shape index (κ1) is 81.4. The summed E-state index contributed by atoms with van der Waals surface area (Å²) in [7, 11) is 0. The molecule has 26 heterocycles. The van der Waals surface area contributed by atoms with Crippen LogP contribution in [0.25, 0.3) is 252 Å². The summed E-state index contributed by atoms with van der Waals surface area (Å²) >= 11 is 40.4. The molecule has 0 N–H and O–H groups in total. The third-order valence-corrected chi connectivity index (χ3v) is 40.6. The van der Waals surface area contributed by atoms with E-state index in [1.807, 2.05) is 129 Å². The third-order valence-electron chi connectivity index (χ3n) is 18.6. The highest BCUT2D eigenvalue weighted by atomic mass is 32.2. The maximum Gasteiger partial charge on any atom is 0.144 e. The molecule has 130 heavy (non-hydrogen) atoms. The van der Waals surface area contributed by atoms with Gasteiger partial charge in [-0.15, -0.1) is 295 Å². The number of anilines is 1. The average Bonchev–Trinajstić information content (AvgIpc) is 1.65. The summed E-state index contributed by atoms with van der Waals surface area (Å²) in [6, 6.07) is 0. The van der Waals surface area contributed by atoms with Crippen molar-refractivity contribution < 1.29 is 0 Å². The number of thioether (sulfide) groups is 1. The third kappa shape index (κ3) is 15.9. The zero-order chi connectivity index (χ0) is 85.4. The molecule has 1 aliphatic heterocycles. The summed E-state index contributed by atoms with van der Waals surface area (Å²) in [6.07, 6.45) is 2.87. The number of hydrogen-bond donors (Lipinski definition) is 0. The van der Waals surface area contributed by atoms with Gasteiger partial charge in [0.2, 0.25) is 0 Å². The first-order chi connectivity index (χ1) is 64.2. The molecular formula is C78H29N26S26. The molecule has 0 atom stereocenters. The maximum atomic E-state index is 5.02. The molecule has 0 aliphatic carbocycles. The Kier molecular flexibility index (Phi) is 21.7. The van der Waals surface area contributed by atoms with Crippen molar-refractivity contribution in [2.75, 3.05) is 10.8 Å². The van der Waals surface area contributed by atoms with Gasteiger partial charge >= 0.3 is 0 Å². The van der Waals surface area contributed by atoms with Crippen LogP contribution in [0.3, 0.4) is 0 Å². The molecule has 0 aromatic carbocycles. The number of nitrogens with zero attached hydrogens (tertiary/aromatic N) is 26. The Hall–Kier alpha value is -9.36. The smallest absolute Gasteiger partial charge is 0.144 e. The Morgan fingerprint density at radius 2 is 0.346 bits per heavy atom. The predicted molar refractivity (Wildman–Crippen MR) is 551 cm³/mol. The lowest BCUT2D eigenvalue weighted by Gasteiger charge is -2.16. The van der Waals surface area contributed by atoms with E-state index >= 15 is 0 Å². The minimum atomic E-state index is 0.785. The highest BCUT2D eigenvalue weighted by molar-refractivity contribution is 8.02. The molecule has 0 amide bonds. The van der Waals surface area contributed by atoms with Gasteiger partial charge in [-0.2, -0.15) is 0 Å². The highest BCUT2D eigenvalue weighted by Crippen LogP contribution is 2.48. The van der Waals surface area contributed by atoms with Gasteiger partial charge in [0.1, 0.15) is 263 Å². The van der Waals surface area contributed by atoms with Gasteiger partial charge in [0.15, 0.2) is 0 Å². The highest BCUT2D eigenvalue weighted by Gasteiger charge is 2.29. The number of thiazole rings is 25. The van der Waals surface area contributed by atoms with Gasteiger partial charge in [-0.3, -0.25) is 0 Å². The van der Waals surface area contributed by atoms with Crippen LogP contribution in [0, 0.1) is 6.20 Å². The molecule has 1 aliphatic rings. The van der Waals surface area contributed by atoms with Crippen LogP contribution in [-0.4, -0.2) is 130 Å². The quantitative estimate of drug-likeness (QED) is 0.0513. The Morgan fingerprint density at radius 1 is 0.185 bits per heavy atom. The number of aromatic nitrogens is 25. The second-order valence-electron chi connectivity index (χ2n) is 26.7. The van der Waals surface area contributed by atoms with Gasteiger partial charge in [-0.05, 0) is 5.41 Å². The molecule has 0 spiro atoms. The molecule has 0 bridgehead atoms. The average molecular weight is 2160 g/mol. The van der Waals surface area contributed by atoms with Crippen LogP contribution in [0.15, 0.2) is 145 Å². The summed E-state index contributed by atoms with van der Waals surface area (Å²) in [5.74, 6) is 1.77. The van der Waals surface area contributed by atoms with Gasteiger partial charge in [-0.1, -0.05) is 0 Å². The molecule has 26 rings (SSSR count). The monoisotopic (exact) mass is 2160 g/mol. The minimum Gasteiger partial charge on any atom is -0.312 e. The fourth-order valence-corrected chi connectivity index (χ4v) is 34.0. The largest absolute Gasteiger partial charge is 0.312 e. The van der Waals surface area contributed by atoms with Crippen molar-refractivity contribution in [1.29, 1.82) is 0 Å². The molecule has 26 nitrogen and oxygen atoms in total. The predicted octanol–water partition coefficient (Wildman–Crippen LogP) is 28.7. The van der Waals surface area contributed by atoms with Crippen molar-refractivity contribution in [2.24, 2.45) is 0 Å². The first-order valence-electron chi connectivity index (χ1n) is 37.0. The van der Waals surface area contributed by atoms with Crippen molar-refractivity contribution in [1.82, 2.24) is 125 Å². The lowest BCUT2D eigenvalue weighted by atomic mass is 10.4. The van der Waals surface area contributed by atoms with Crippen molar-refractivity contribution in [3.05, 3.63) is 157 Å². The zero-order valence-corrected chi connectivity index (χ0v) is 84.8. The molecule has 0 saturated carbocycles. The van der Waals surface area contributed by atoms with Crippen molar-refractivity contribution in [3.8, 4) is 246 Å². The second-order valence-corrected chi connectivity index (χ2v) is 48.9. The van der Waals surface area contributed by atoms with Gasteiger partial charge in [0.25, 0.3) is 0 Å². The first-order valence-corrected chi connectivity index (χ1v) is 60.1. The van der Waals surface area contributed by atoms with E-state index in [-0.39, 0.29) is 0 Å². The fourth-order valence-electron chi connectivity index (χ4n) is 12.6. The fraction of sp³-hybridized carbons (Fsp3) is 0.0128. The van der Waals surface area contributed by atoms with E-state index in [0.717, 1.165) is 269 Å². The molecule has 1 radical (unpaired) electrons. The van der Waals surface area contributed by atoms with Crippen molar-refractivity contribution in [3.63, 3.8) is 0 Å². The van der Waals surface area contributed by atoms with E-state index < -0.39 is 0 Å². The Morgan fingerprint density at radius 3 is 0.500 bits per heavy atom. The molecule has 25 aromatic heterocycles. The standard InChI is InChI=1S/C78H29N26S26/c1-2-107-55(79-1)30-3-108-56(81-30)31-4-109-57(82-31)32-5-110-58(83-32)33-6-111-59(84-33)34-7-112-60(85-34)35-8-113-61(86-35)36-9-114-62(87-36)37-10-115-63(88-37)38-11-116-64(89-38)39-12-117-65(90-39)40-13-118-66(91-40)41-14-119-67(92-41)42-15-120-68(93-42)43-16-121-69(94-43)44-17-122-70(95-44)45-18-123-71(96-45)46-19-124-72(97-46)47-20-125-73(98-47)48-21-126-74(99-48)49-22-127-75(100-49)50-23-128-76(101-50)51-24-129-77(102-51)52-25-130-78(103-52)53-26-106-29-104(53)54-27-105-28-80-54/h2-28H,29H2. The van der Waals surface area contributed by atoms with Crippen molar-refractivity contribution in [2.45, 2.75) is 0 Å². The molecule has 52 heteroatoms. The van der Waals surface area contributed by atoms with Gasteiger partial charge in [-0.25, -0.2) is 125 Å². The van der Waals surface area contributed by atoms with Gasteiger partial charge in [0.05, 0.1) is 17.1 Å². The maximum absolute atomic E-state index is 5.02. The van der Waals surface area contributed by atoms with E-state index in [1.54, 1.807) is 159 Å². The molecule has 627 valence electrons. The Bertz CT molecular complexity index is 8240. The summed E-state index contributed by atoms with van der Waals surface area (Å²) in [5.41, 5.74) is 21.3. The molecule has 0 fully saturated rings. The number of rotatable bonds is 25. The van der Waals surface area contributed by atoms with Crippen LogP contribution in [0.2, 0.25) is 0 Å². The lowest BCUT2D eigenvalue weighted by molar-refractivity contribution is 1.14. The van der Waals surface area contributed by atoms with Crippen LogP contribution in [0.1, 0.15) is 5.01 Å². The summed E-state index contributed by atoms with van der Waals surface area (Å²) in [5, 5.41) is 72.5. The molecular weight excluding hydrogens is 2130 g/mol. The zero-order valence-electron chi connectivity index (χ0n) is 63.5. The Balaban J connectivity index is 0.351. The van der Waals surface area contributed by atoms with E-state index in [0.29, 0.717) is 0 Å². The van der Waals surface area contributed by atoms with E-state index in [2.05, 4.69) is 37.2 Å². The van der Waals surface area contributed by atoms with Crippen LogP contribution in [-0.2, 0) is 0 Å². The summed E-state index contributed by atoms with van der Waals surface area (Å²) in [4.78, 5) is 126. The van der Waals surface area contributed by atoms with E-state index in [4.69, 9.17) is 115 Å². The molecule has 25 aromatic rings. The SMILES string of the molecule is [c]1csc(-c2csc(-c3csc(-c4csc(-c5csc(-c6csc(-c7csc(-c8csc(-c9csc(-c%10csc(-c%11csc(-c%12csc(-c%13csc(-c%14csc(-c%15csc(-c%16csc(-c%17csc(-c%18csc(-c%19csc(-c%20csc(-c%21csc(-c%22csc(-c%23csc(-c%24csc(C%25=CSCN%25c%25cscn%25)n%24)n%23)n%22)n%21)n%20)n%19)n%18)n%17)n%16)n%15)n%14)n%13)n%12)n%11)n%10)n9)n8)n7)n6)n5)n4)n3)n2)n1. The topological polar surface area (TPSA) is 325 Å². The molecule has 0 unspecified atom stereocenters. The van der Waals surface area contributed by atoms with Gasteiger partial charge < -0.3 is 4.90 Å². The minimum absolute atomic E-state index is 0.785. The van der Waals surface area contributed by atoms with Gasteiger partial charge in [0, 0.05) is 135 Å². The van der Waals surface area contributed by atoms with Crippen LogP contribution in [0.4, 0.5) is 5.82 Å². The summed E-state index contributed by atoms with van der Waals surface area (Å²) in [6.45, 7) is 0.